The van der Waals surface area contributed by atoms with Crippen LogP contribution in [0.1, 0.15) is 27.2 Å². The first-order chi connectivity index (χ1) is 15.7. The molecule has 0 radical (unpaired) electrons. The molecule has 10 nitrogen and oxygen atoms in total. The van der Waals surface area contributed by atoms with Crippen LogP contribution in [0.15, 0.2) is 58.3 Å². The number of halogens is 3. The Bertz CT molecular complexity index is 1310. The molecule has 0 fully saturated rings. The number of rotatable bonds is 5. The van der Waals surface area contributed by atoms with Crippen LogP contribution in [-0.2, 0) is 6.18 Å². The van der Waals surface area contributed by atoms with E-state index in [2.05, 4.69) is 35.8 Å². The number of hydrogen-bond acceptors (Lipinski definition) is 8. The summed E-state index contributed by atoms with van der Waals surface area (Å²) in [5.74, 6) is -0.721. The highest BCUT2D eigenvalue weighted by Crippen LogP contribution is 2.29. The summed E-state index contributed by atoms with van der Waals surface area (Å²) in [5.41, 5.74) is 9.37. The Morgan fingerprint density at radius 1 is 1.12 bits per heavy atom. The van der Waals surface area contributed by atoms with Crippen LogP contribution in [0.4, 0.5) is 19.0 Å². The number of aryl methyl sites for hydroxylation is 1. The van der Waals surface area contributed by atoms with Gasteiger partial charge in [0.1, 0.15) is 5.69 Å². The first-order valence-electron chi connectivity index (χ1n) is 9.36. The first kappa shape index (κ1) is 21.7. The van der Waals surface area contributed by atoms with Crippen LogP contribution in [0.2, 0.25) is 0 Å². The van der Waals surface area contributed by atoms with Gasteiger partial charge in [-0.1, -0.05) is 47.2 Å². The third-order valence-electron chi connectivity index (χ3n) is 4.52. The van der Waals surface area contributed by atoms with Gasteiger partial charge < -0.3 is 5.73 Å². The largest absolute Gasteiger partial charge is 0.416 e. The number of hydrogen-bond donors (Lipinski definition) is 2. The fraction of sp³-hybridized carbons (Fsp3) is 0.100. The van der Waals surface area contributed by atoms with Crippen molar-refractivity contribution in [3.8, 4) is 17.1 Å². The molecule has 0 aliphatic carbocycles. The zero-order valence-corrected chi connectivity index (χ0v) is 16.9. The van der Waals surface area contributed by atoms with E-state index in [1.165, 1.54) is 23.0 Å². The normalized spacial score (nSPS) is 11.8. The fourth-order valence-electron chi connectivity index (χ4n) is 2.87. The second-order valence-corrected chi connectivity index (χ2v) is 6.86. The average molecular weight is 456 g/mol. The quantitative estimate of drug-likeness (QED) is 0.348. The van der Waals surface area contributed by atoms with E-state index in [9.17, 15) is 18.0 Å². The number of alkyl halides is 3. The lowest BCUT2D eigenvalue weighted by atomic mass is 10.1. The van der Waals surface area contributed by atoms with Gasteiger partial charge in [0, 0.05) is 5.56 Å². The molecule has 0 saturated carbocycles. The molecule has 168 valence electrons. The van der Waals surface area contributed by atoms with Crippen molar-refractivity contribution in [3.63, 3.8) is 0 Å². The van der Waals surface area contributed by atoms with Gasteiger partial charge in [-0.05, 0) is 34.9 Å². The smallest absolute Gasteiger partial charge is 0.378 e. The van der Waals surface area contributed by atoms with Crippen molar-refractivity contribution in [2.45, 2.75) is 13.1 Å². The number of aromatic nitrogens is 5. The lowest BCUT2D eigenvalue weighted by Gasteiger charge is -2.06. The monoisotopic (exact) mass is 456 g/mol. The van der Waals surface area contributed by atoms with Gasteiger partial charge in [0.25, 0.3) is 5.91 Å². The zero-order chi connectivity index (χ0) is 23.6. The molecule has 0 aliphatic rings. The van der Waals surface area contributed by atoms with Crippen LogP contribution < -0.4 is 11.2 Å². The lowest BCUT2D eigenvalue weighted by Crippen LogP contribution is -2.19. The number of hydrazone groups is 1. The van der Waals surface area contributed by atoms with Crippen molar-refractivity contribution in [2.75, 3.05) is 5.73 Å². The molecule has 0 saturated heterocycles. The second kappa shape index (κ2) is 8.53. The Labute approximate surface area is 183 Å². The Hall–Kier alpha value is -4.55. The molecular formula is C20H15F3N8O2. The second-order valence-electron chi connectivity index (χ2n) is 6.86. The number of nitrogens with one attached hydrogen (secondary N) is 1. The minimum absolute atomic E-state index is 0.0466. The molecule has 4 rings (SSSR count). The minimum Gasteiger partial charge on any atom is -0.378 e. The van der Waals surface area contributed by atoms with E-state index >= 15 is 0 Å². The SMILES string of the molecule is Cc1ccc(-c2c(C(=O)NN=Cc3ccc(C(F)(F)F)cc3)nnn2-c2nonc2N)cc1. The van der Waals surface area contributed by atoms with Gasteiger partial charge in [0.2, 0.25) is 11.6 Å². The zero-order valence-electron chi connectivity index (χ0n) is 16.9. The van der Waals surface area contributed by atoms with E-state index in [0.717, 1.165) is 17.7 Å². The van der Waals surface area contributed by atoms with Crippen molar-refractivity contribution in [1.82, 2.24) is 30.7 Å². The highest BCUT2D eigenvalue weighted by molar-refractivity contribution is 5.98. The number of carbonyl (C=O) groups excluding carboxylic acids is 1. The topological polar surface area (TPSA) is 137 Å². The minimum atomic E-state index is -4.44. The predicted octanol–water partition coefficient (Wildman–Crippen LogP) is 2.99. The van der Waals surface area contributed by atoms with Gasteiger partial charge >= 0.3 is 6.18 Å². The Morgan fingerprint density at radius 3 is 2.42 bits per heavy atom. The number of nitrogens with two attached hydrogens (primary N) is 1. The summed E-state index contributed by atoms with van der Waals surface area (Å²) in [5, 5.41) is 18.9. The summed E-state index contributed by atoms with van der Waals surface area (Å²) in [6, 6.07) is 11.5. The number of amides is 1. The summed E-state index contributed by atoms with van der Waals surface area (Å²) >= 11 is 0. The van der Waals surface area contributed by atoms with Crippen LogP contribution in [0.3, 0.4) is 0 Å². The highest BCUT2D eigenvalue weighted by atomic mass is 19.4. The van der Waals surface area contributed by atoms with Gasteiger partial charge in [-0.3, -0.25) is 4.79 Å². The molecule has 2 heterocycles. The molecule has 2 aromatic carbocycles. The number of nitrogen functional groups attached to an aromatic ring is 1. The average Bonchev–Trinajstić information content (AvgIpc) is 3.40. The van der Waals surface area contributed by atoms with Gasteiger partial charge in [-0.25, -0.2) is 10.1 Å². The lowest BCUT2D eigenvalue weighted by molar-refractivity contribution is -0.137. The summed E-state index contributed by atoms with van der Waals surface area (Å²) in [7, 11) is 0. The van der Waals surface area contributed by atoms with Gasteiger partial charge in [0.05, 0.1) is 11.8 Å². The summed E-state index contributed by atoms with van der Waals surface area (Å²) in [6.07, 6.45) is -3.24. The number of anilines is 1. The maximum atomic E-state index is 12.8. The van der Waals surface area contributed by atoms with Crippen molar-refractivity contribution < 1.29 is 22.6 Å². The molecule has 4 aromatic rings. The van der Waals surface area contributed by atoms with Crippen LogP contribution in [0.25, 0.3) is 17.1 Å². The van der Waals surface area contributed by atoms with E-state index in [1.807, 2.05) is 19.1 Å². The molecule has 0 spiro atoms. The number of carbonyl (C=O) groups is 1. The summed E-state index contributed by atoms with van der Waals surface area (Å²) < 4.78 is 43.8. The Morgan fingerprint density at radius 2 is 1.82 bits per heavy atom. The maximum absolute atomic E-state index is 12.8. The third kappa shape index (κ3) is 4.56. The summed E-state index contributed by atoms with van der Waals surface area (Å²) in [4.78, 5) is 12.8. The van der Waals surface area contributed by atoms with Crippen molar-refractivity contribution >= 4 is 17.9 Å². The van der Waals surface area contributed by atoms with E-state index in [4.69, 9.17) is 5.73 Å². The fourth-order valence-corrected chi connectivity index (χ4v) is 2.87. The molecular weight excluding hydrogens is 441 g/mol. The van der Waals surface area contributed by atoms with Crippen LogP contribution in [0.5, 0.6) is 0 Å². The third-order valence-corrected chi connectivity index (χ3v) is 4.52. The molecule has 13 heteroatoms. The van der Waals surface area contributed by atoms with Crippen molar-refractivity contribution in [1.29, 1.82) is 0 Å². The number of nitrogens with zero attached hydrogens (tertiary/aromatic N) is 6. The van der Waals surface area contributed by atoms with Crippen LogP contribution in [-0.4, -0.2) is 37.4 Å². The molecule has 1 amide bonds. The van der Waals surface area contributed by atoms with Crippen molar-refractivity contribution in [2.24, 2.45) is 5.10 Å². The molecule has 0 bridgehead atoms. The molecule has 3 N–H and O–H groups in total. The molecule has 33 heavy (non-hydrogen) atoms. The van der Waals surface area contributed by atoms with Gasteiger partial charge in [0.15, 0.2) is 5.69 Å². The first-order valence-corrected chi connectivity index (χ1v) is 9.36. The molecule has 0 aliphatic heterocycles. The standard InChI is InChI=1S/C20H15F3N8O2/c1-11-2-6-13(7-3-11)16-15(26-30-31(16)18-17(24)28-33-29-18)19(32)27-25-10-12-4-8-14(9-5-12)20(21,22)23/h2-10H,1H3,(H2,24,28)(H,27,32). The number of benzene rings is 2. The predicted molar refractivity (Wildman–Crippen MR) is 110 cm³/mol. The highest BCUT2D eigenvalue weighted by Gasteiger charge is 2.30. The molecule has 2 aromatic heterocycles. The summed E-state index contributed by atoms with van der Waals surface area (Å²) in [6.45, 7) is 1.91. The van der Waals surface area contributed by atoms with E-state index < -0.39 is 17.6 Å². The Kier molecular flexibility index (Phi) is 5.60. The van der Waals surface area contributed by atoms with E-state index in [-0.39, 0.29) is 23.0 Å². The van der Waals surface area contributed by atoms with Crippen LogP contribution >= 0.6 is 0 Å². The van der Waals surface area contributed by atoms with Gasteiger partial charge in [-0.15, -0.1) is 5.10 Å². The van der Waals surface area contributed by atoms with Crippen LogP contribution in [0, 0.1) is 6.92 Å². The van der Waals surface area contributed by atoms with E-state index in [0.29, 0.717) is 11.1 Å². The van der Waals surface area contributed by atoms with Gasteiger partial charge in [-0.2, -0.15) is 23.0 Å². The molecule has 0 atom stereocenters. The Balaban J connectivity index is 1.61. The van der Waals surface area contributed by atoms with E-state index in [1.54, 1.807) is 12.1 Å². The molecule has 0 unspecified atom stereocenters. The van der Waals surface area contributed by atoms with Crippen molar-refractivity contribution in [3.05, 3.63) is 70.9 Å². The maximum Gasteiger partial charge on any atom is 0.416 e.